The minimum atomic E-state index is -1.62. The molecular formula is C28H49NO7. The van der Waals surface area contributed by atoms with Crippen molar-refractivity contribution in [3.8, 4) is 0 Å². The predicted molar refractivity (Wildman–Crippen MR) is 137 cm³/mol. The molecule has 1 heterocycles. The Labute approximate surface area is 217 Å². The van der Waals surface area contributed by atoms with Gasteiger partial charge in [0.25, 0.3) is 11.8 Å². The maximum atomic E-state index is 12.2. The molecule has 0 aromatic carbocycles. The largest absolute Gasteiger partial charge is 0.447 e. The second-order valence-corrected chi connectivity index (χ2v) is 9.97. The Bertz CT molecular complexity index is 598. The molecule has 2 atom stereocenters. The summed E-state index contributed by atoms with van der Waals surface area (Å²) in [5.41, 5.74) is 0. The van der Waals surface area contributed by atoms with Crippen LogP contribution in [0, 0.1) is 0 Å². The Morgan fingerprint density at radius 1 is 0.583 bits per heavy atom. The number of esters is 2. The molecule has 36 heavy (non-hydrogen) atoms. The van der Waals surface area contributed by atoms with E-state index in [4.69, 9.17) is 9.47 Å². The Balaban J connectivity index is 2.28. The molecule has 0 radical (unpaired) electrons. The number of hydrogen-bond donors (Lipinski definition) is 1. The SMILES string of the molecule is CCCCCCCCCCCC(=O)OC1C(=O)N(O)C(=O)C1OC(=O)CCCCCCCCCCC. The molecule has 208 valence electrons. The highest BCUT2D eigenvalue weighted by Gasteiger charge is 2.52. The van der Waals surface area contributed by atoms with Gasteiger partial charge in [0.2, 0.25) is 12.2 Å². The fraction of sp³-hybridized carbons (Fsp3) is 0.857. The quantitative estimate of drug-likeness (QED) is 0.0774. The first-order valence-electron chi connectivity index (χ1n) is 14.4. The van der Waals surface area contributed by atoms with Crippen LogP contribution in [0.25, 0.3) is 0 Å². The van der Waals surface area contributed by atoms with E-state index in [0.717, 1.165) is 38.5 Å². The molecule has 8 heteroatoms. The van der Waals surface area contributed by atoms with E-state index in [1.54, 1.807) is 0 Å². The third-order valence-corrected chi connectivity index (χ3v) is 6.67. The number of hydrogen-bond acceptors (Lipinski definition) is 7. The summed E-state index contributed by atoms with van der Waals surface area (Å²) >= 11 is 0. The molecule has 1 aliphatic rings. The topological polar surface area (TPSA) is 110 Å². The molecule has 0 aromatic rings. The second-order valence-electron chi connectivity index (χ2n) is 9.97. The summed E-state index contributed by atoms with van der Waals surface area (Å²) in [6.45, 7) is 4.38. The average molecular weight is 512 g/mol. The van der Waals surface area contributed by atoms with E-state index in [1.165, 1.54) is 64.2 Å². The second kappa shape index (κ2) is 20.1. The molecular weight excluding hydrogens is 462 g/mol. The summed E-state index contributed by atoms with van der Waals surface area (Å²) in [7, 11) is 0. The number of nitrogens with zero attached hydrogens (tertiary/aromatic N) is 1. The van der Waals surface area contributed by atoms with Crippen molar-refractivity contribution < 1.29 is 33.9 Å². The lowest BCUT2D eigenvalue weighted by Gasteiger charge is -2.16. The molecule has 0 spiro atoms. The summed E-state index contributed by atoms with van der Waals surface area (Å²) in [6, 6.07) is 0. The minimum absolute atomic E-state index is 0.109. The average Bonchev–Trinajstić information content (AvgIpc) is 3.05. The Hall–Kier alpha value is -1.96. The van der Waals surface area contributed by atoms with Gasteiger partial charge >= 0.3 is 11.9 Å². The molecule has 0 saturated carbocycles. The number of ether oxygens (including phenoxy) is 2. The summed E-state index contributed by atoms with van der Waals surface area (Å²) in [5.74, 6) is -3.44. The van der Waals surface area contributed by atoms with Gasteiger partial charge in [-0.2, -0.15) is 0 Å². The fourth-order valence-corrected chi connectivity index (χ4v) is 4.39. The number of rotatable bonds is 22. The van der Waals surface area contributed by atoms with Gasteiger partial charge in [0.15, 0.2) is 0 Å². The molecule has 2 unspecified atom stereocenters. The highest BCUT2D eigenvalue weighted by molar-refractivity contribution is 6.08. The molecule has 1 saturated heterocycles. The van der Waals surface area contributed by atoms with Gasteiger partial charge in [-0.15, -0.1) is 5.06 Å². The number of hydroxylamine groups is 2. The van der Waals surface area contributed by atoms with Gasteiger partial charge in [-0.25, -0.2) is 0 Å². The molecule has 2 amide bonds. The van der Waals surface area contributed by atoms with E-state index < -0.39 is 36.0 Å². The number of carbonyl (C=O) groups is 4. The van der Waals surface area contributed by atoms with Gasteiger partial charge in [0.05, 0.1) is 0 Å². The Kier molecular flexibility index (Phi) is 17.9. The van der Waals surface area contributed by atoms with Crippen LogP contribution in [0.5, 0.6) is 0 Å². The summed E-state index contributed by atoms with van der Waals surface area (Å²) < 4.78 is 10.3. The molecule has 1 aliphatic heterocycles. The van der Waals surface area contributed by atoms with Crippen LogP contribution in [0.1, 0.15) is 142 Å². The van der Waals surface area contributed by atoms with E-state index in [1.807, 2.05) is 0 Å². The smallest absolute Gasteiger partial charge is 0.306 e. The molecule has 8 nitrogen and oxygen atoms in total. The molecule has 1 N–H and O–H groups in total. The number of imide groups is 1. The summed E-state index contributed by atoms with van der Waals surface area (Å²) in [6.07, 6.45) is 16.7. The maximum Gasteiger partial charge on any atom is 0.306 e. The third kappa shape index (κ3) is 13.4. The Morgan fingerprint density at radius 3 is 1.17 bits per heavy atom. The lowest BCUT2D eigenvalue weighted by atomic mass is 10.1. The van der Waals surface area contributed by atoms with Crippen molar-refractivity contribution in [3.63, 3.8) is 0 Å². The van der Waals surface area contributed by atoms with Crippen LogP contribution in [-0.2, 0) is 28.7 Å². The van der Waals surface area contributed by atoms with Crippen molar-refractivity contribution in [1.82, 2.24) is 5.06 Å². The number of unbranched alkanes of at least 4 members (excludes halogenated alkanes) is 16. The van der Waals surface area contributed by atoms with Gasteiger partial charge in [-0.05, 0) is 12.8 Å². The predicted octanol–water partition coefficient (Wildman–Crippen LogP) is 6.41. The van der Waals surface area contributed by atoms with Crippen LogP contribution >= 0.6 is 0 Å². The molecule has 0 aromatic heterocycles. The Morgan fingerprint density at radius 2 is 0.861 bits per heavy atom. The zero-order chi connectivity index (χ0) is 26.6. The van der Waals surface area contributed by atoms with E-state index in [-0.39, 0.29) is 17.9 Å². The summed E-state index contributed by atoms with van der Waals surface area (Å²) in [4.78, 5) is 48.8. The normalized spacial score (nSPS) is 17.6. The standard InChI is InChI=1S/C28H49NO7/c1-3-5-7-9-11-13-15-17-19-21-23(30)35-25-26(28(33)29(34)27(25)32)36-24(31)22-20-18-16-14-12-10-8-6-4-2/h25-26,34H,3-22H2,1-2H3. The third-order valence-electron chi connectivity index (χ3n) is 6.67. The van der Waals surface area contributed by atoms with Crippen molar-refractivity contribution in [2.45, 2.75) is 154 Å². The van der Waals surface area contributed by atoms with Gasteiger partial charge < -0.3 is 9.47 Å². The van der Waals surface area contributed by atoms with Gasteiger partial charge in [0.1, 0.15) is 0 Å². The fourth-order valence-electron chi connectivity index (χ4n) is 4.39. The zero-order valence-corrected chi connectivity index (χ0v) is 22.6. The minimum Gasteiger partial charge on any atom is -0.447 e. The first-order chi connectivity index (χ1) is 17.4. The van der Waals surface area contributed by atoms with Crippen LogP contribution < -0.4 is 0 Å². The molecule has 1 rings (SSSR count). The van der Waals surface area contributed by atoms with E-state index in [0.29, 0.717) is 12.8 Å². The van der Waals surface area contributed by atoms with E-state index in [9.17, 15) is 24.4 Å². The van der Waals surface area contributed by atoms with Crippen molar-refractivity contribution in [2.75, 3.05) is 0 Å². The molecule has 1 fully saturated rings. The highest BCUT2D eigenvalue weighted by Crippen LogP contribution is 2.21. The first kappa shape index (κ1) is 32.1. The van der Waals surface area contributed by atoms with Crippen LogP contribution in [0.15, 0.2) is 0 Å². The van der Waals surface area contributed by atoms with Crippen LogP contribution in [0.4, 0.5) is 0 Å². The van der Waals surface area contributed by atoms with Gasteiger partial charge in [-0.1, -0.05) is 117 Å². The number of amides is 2. The lowest BCUT2D eigenvalue weighted by molar-refractivity contribution is -0.177. The van der Waals surface area contributed by atoms with Crippen molar-refractivity contribution in [3.05, 3.63) is 0 Å². The van der Waals surface area contributed by atoms with E-state index in [2.05, 4.69) is 13.8 Å². The number of carbonyl (C=O) groups excluding carboxylic acids is 4. The van der Waals surface area contributed by atoms with Crippen molar-refractivity contribution >= 4 is 23.8 Å². The maximum absolute atomic E-state index is 12.2. The zero-order valence-electron chi connectivity index (χ0n) is 22.6. The summed E-state index contributed by atoms with van der Waals surface area (Å²) in [5, 5.41) is 9.57. The van der Waals surface area contributed by atoms with Crippen molar-refractivity contribution in [1.29, 1.82) is 0 Å². The van der Waals surface area contributed by atoms with Crippen LogP contribution in [0.3, 0.4) is 0 Å². The lowest BCUT2D eigenvalue weighted by Crippen LogP contribution is -2.37. The van der Waals surface area contributed by atoms with E-state index >= 15 is 0 Å². The van der Waals surface area contributed by atoms with Crippen molar-refractivity contribution in [2.24, 2.45) is 0 Å². The van der Waals surface area contributed by atoms with Gasteiger partial charge in [-0.3, -0.25) is 24.4 Å². The van der Waals surface area contributed by atoms with Crippen LogP contribution in [0.2, 0.25) is 0 Å². The van der Waals surface area contributed by atoms with Gasteiger partial charge in [0, 0.05) is 12.8 Å². The first-order valence-corrected chi connectivity index (χ1v) is 14.4. The monoisotopic (exact) mass is 511 g/mol. The highest BCUT2D eigenvalue weighted by atomic mass is 16.6. The molecule has 0 aliphatic carbocycles. The molecule has 0 bridgehead atoms. The van der Waals surface area contributed by atoms with Crippen LogP contribution in [-0.4, -0.2) is 46.2 Å².